The maximum atomic E-state index is 12.3. The van der Waals surface area contributed by atoms with Crippen LogP contribution in [0, 0.1) is 0 Å². The van der Waals surface area contributed by atoms with Crippen LogP contribution in [0.15, 0.2) is 48.0 Å². The fourth-order valence-corrected chi connectivity index (χ4v) is 7.98. The van der Waals surface area contributed by atoms with Gasteiger partial charge in [-0.05, 0) is 30.5 Å². The molecule has 4 heterocycles. The van der Waals surface area contributed by atoms with Crippen LogP contribution in [0.3, 0.4) is 0 Å². The zero-order chi connectivity index (χ0) is 27.5. The molecule has 0 spiro atoms. The molecule has 1 amide bonds. The van der Waals surface area contributed by atoms with Crippen LogP contribution in [0.4, 0.5) is 0 Å². The molecule has 1 aromatic heterocycles. The van der Waals surface area contributed by atoms with Crippen molar-refractivity contribution in [1.82, 2.24) is 20.1 Å². The van der Waals surface area contributed by atoms with E-state index < -0.39 is 10.8 Å². The van der Waals surface area contributed by atoms with Crippen molar-refractivity contribution in [3.63, 3.8) is 0 Å². The summed E-state index contributed by atoms with van der Waals surface area (Å²) < 4.78 is 23.0. The molecular weight excluding hydrogens is 553 g/mol. The van der Waals surface area contributed by atoms with Crippen LogP contribution in [-0.4, -0.2) is 64.4 Å². The molecule has 1 aromatic carbocycles. The molecule has 3 unspecified atom stereocenters. The quantitative estimate of drug-likeness (QED) is 0.168. The standard InChI is InChI=1S/C18H28O3S.C10H10N4OS2/c1-3-4-5-6-7-8-11-22(19)15(2)12-16-9-10-17-18(13-16)21-14-20-17;15-8-5-9-14(8)4-1-7(17-9)6-16-10-11-2-3-12-13-10/h9-10,13,15H,3-8,11-12,14H2,1-2H3;1-4,7,9H,5-6H2/t;7?,9-/m.1/s1. The summed E-state index contributed by atoms with van der Waals surface area (Å²) in [6.45, 7) is 4.61. The highest BCUT2D eigenvalue weighted by molar-refractivity contribution is 8.03. The molecule has 212 valence electrons. The Morgan fingerprint density at radius 2 is 1.97 bits per heavy atom. The second-order valence-corrected chi connectivity index (χ2v) is 14.2. The van der Waals surface area contributed by atoms with E-state index in [1.165, 1.54) is 37.7 Å². The third-order valence-electron chi connectivity index (χ3n) is 6.69. The van der Waals surface area contributed by atoms with Crippen LogP contribution in [0.1, 0.15) is 64.4 Å². The fraction of sp³-hybridized carbons (Fsp3) is 0.571. The van der Waals surface area contributed by atoms with Crippen molar-refractivity contribution in [3.8, 4) is 11.5 Å². The number of amides is 1. The summed E-state index contributed by atoms with van der Waals surface area (Å²) in [6.07, 6.45) is 16.2. The van der Waals surface area contributed by atoms with Crippen LogP contribution < -0.4 is 9.47 Å². The molecule has 3 aliphatic heterocycles. The zero-order valence-corrected chi connectivity index (χ0v) is 25.1. The van der Waals surface area contributed by atoms with Gasteiger partial charge in [-0.3, -0.25) is 9.00 Å². The number of carbonyl (C=O) groups excluding carboxylic acids is 1. The summed E-state index contributed by atoms with van der Waals surface area (Å²) in [5.41, 5.74) is 1.17. The van der Waals surface area contributed by atoms with Gasteiger partial charge in [0.1, 0.15) is 0 Å². The highest BCUT2D eigenvalue weighted by atomic mass is 32.2. The van der Waals surface area contributed by atoms with E-state index in [1.807, 2.05) is 36.2 Å². The zero-order valence-electron chi connectivity index (χ0n) is 22.7. The Kier molecular flexibility index (Phi) is 12.0. The second kappa shape index (κ2) is 15.6. The molecular formula is C28H38N4O4S3. The first kappa shape index (κ1) is 29.9. The Morgan fingerprint density at radius 1 is 1.15 bits per heavy atom. The predicted molar refractivity (Wildman–Crippen MR) is 158 cm³/mol. The Labute approximate surface area is 242 Å². The molecule has 0 aliphatic carbocycles. The van der Waals surface area contributed by atoms with Crippen molar-refractivity contribution >= 4 is 40.2 Å². The van der Waals surface area contributed by atoms with Crippen LogP contribution >= 0.6 is 23.5 Å². The first-order chi connectivity index (χ1) is 19.0. The van der Waals surface area contributed by atoms with Crippen LogP contribution in [0.25, 0.3) is 0 Å². The number of ether oxygens (including phenoxy) is 2. The van der Waals surface area contributed by atoms with Crippen LogP contribution in [0.2, 0.25) is 0 Å². The number of aromatic nitrogens is 3. The van der Waals surface area contributed by atoms with E-state index in [4.69, 9.17) is 9.47 Å². The van der Waals surface area contributed by atoms with Gasteiger partial charge >= 0.3 is 0 Å². The number of unbranched alkanes of at least 4 members (excludes halogenated alkanes) is 5. The number of hydrogen-bond donors (Lipinski definition) is 0. The summed E-state index contributed by atoms with van der Waals surface area (Å²) in [7, 11) is -0.743. The van der Waals surface area contributed by atoms with Gasteiger partial charge in [-0.15, -0.1) is 16.9 Å². The molecule has 0 bridgehead atoms. The SMILES string of the molecule is CCCCCCCCS(=O)C(C)Cc1ccc2c(c1)OCO2.O=C1C[C@H]2SC(CSc3nccnn3)C=CN12. The fourth-order valence-electron chi connectivity index (χ4n) is 4.40. The molecule has 2 aromatic rings. The summed E-state index contributed by atoms with van der Waals surface area (Å²) >= 11 is 3.42. The van der Waals surface area contributed by atoms with E-state index in [0.717, 1.165) is 35.8 Å². The van der Waals surface area contributed by atoms with E-state index in [2.05, 4.69) is 35.1 Å². The lowest BCUT2D eigenvalue weighted by atomic mass is 10.1. The molecule has 4 atom stereocenters. The third-order valence-corrected chi connectivity index (χ3v) is 11.0. The lowest BCUT2D eigenvalue weighted by Crippen LogP contribution is -2.49. The van der Waals surface area contributed by atoms with E-state index in [1.54, 1.807) is 29.1 Å². The molecule has 39 heavy (non-hydrogen) atoms. The van der Waals surface area contributed by atoms with Crippen LogP contribution in [0.5, 0.6) is 11.5 Å². The minimum absolute atomic E-state index is 0.191. The Bertz CT molecular complexity index is 1120. The molecule has 3 aliphatic rings. The largest absolute Gasteiger partial charge is 0.454 e. The van der Waals surface area contributed by atoms with Crippen molar-refractivity contribution in [2.24, 2.45) is 0 Å². The molecule has 0 radical (unpaired) electrons. The average molecular weight is 591 g/mol. The van der Waals surface area contributed by atoms with Gasteiger partial charge in [0.25, 0.3) is 0 Å². The van der Waals surface area contributed by atoms with Gasteiger partial charge in [0.05, 0.1) is 24.2 Å². The molecule has 11 heteroatoms. The average Bonchev–Trinajstić information content (AvgIpc) is 3.42. The normalized spacial score (nSPS) is 20.5. The van der Waals surface area contributed by atoms with Gasteiger partial charge in [-0.1, -0.05) is 69.9 Å². The minimum Gasteiger partial charge on any atom is -0.454 e. The molecule has 0 saturated carbocycles. The molecule has 8 nitrogen and oxygen atoms in total. The summed E-state index contributed by atoms with van der Waals surface area (Å²) in [4.78, 5) is 17.1. The Balaban J connectivity index is 0.000000186. The number of fused-ring (bicyclic) bond motifs is 2. The Hall–Kier alpha value is -2.11. The van der Waals surface area contributed by atoms with Crippen LogP contribution in [-0.2, 0) is 22.0 Å². The molecule has 5 rings (SSSR count). The summed E-state index contributed by atoms with van der Waals surface area (Å²) in [5.74, 6) is 3.58. The van der Waals surface area contributed by atoms with E-state index in [0.29, 0.717) is 29.0 Å². The van der Waals surface area contributed by atoms with Gasteiger partial charge in [0, 0.05) is 39.0 Å². The van der Waals surface area contributed by atoms with E-state index in [-0.39, 0.29) is 11.2 Å². The van der Waals surface area contributed by atoms with Crippen molar-refractivity contribution in [2.75, 3.05) is 18.3 Å². The maximum absolute atomic E-state index is 12.3. The van der Waals surface area contributed by atoms with Crippen molar-refractivity contribution < 1.29 is 18.5 Å². The lowest BCUT2D eigenvalue weighted by Gasteiger charge is -2.41. The first-order valence-corrected chi connectivity index (χ1v) is 17.0. The van der Waals surface area contributed by atoms with Gasteiger partial charge in [-0.25, -0.2) is 4.98 Å². The number of hydrogen-bond acceptors (Lipinski definition) is 9. The Morgan fingerprint density at radius 3 is 2.74 bits per heavy atom. The number of carbonyl (C=O) groups is 1. The molecule has 1 fully saturated rings. The van der Waals surface area contributed by atoms with Gasteiger partial charge in [-0.2, -0.15) is 5.10 Å². The van der Waals surface area contributed by atoms with Crippen molar-refractivity contribution in [3.05, 3.63) is 48.4 Å². The molecule has 0 N–H and O–H groups in total. The van der Waals surface area contributed by atoms with Crippen molar-refractivity contribution in [1.29, 1.82) is 0 Å². The van der Waals surface area contributed by atoms with Crippen molar-refractivity contribution in [2.45, 2.75) is 86.2 Å². The number of thioether (sulfide) groups is 2. The van der Waals surface area contributed by atoms with Gasteiger partial charge < -0.3 is 14.4 Å². The highest BCUT2D eigenvalue weighted by Gasteiger charge is 2.38. The maximum Gasteiger partial charge on any atom is 0.231 e. The van der Waals surface area contributed by atoms with E-state index in [9.17, 15) is 9.00 Å². The third kappa shape index (κ3) is 9.21. The lowest BCUT2D eigenvalue weighted by molar-refractivity contribution is -0.137. The topological polar surface area (TPSA) is 94.5 Å². The van der Waals surface area contributed by atoms with Gasteiger partial charge in [0.15, 0.2) is 11.5 Å². The molecule has 1 saturated heterocycles. The van der Waals surface area contributed by atoms with Gasteiger partial charge in [0.2, 0.25) is 17.9 Å². The minimum atomic E-state index is -0.743. The first-order valence-electron chi connectivity index (χ1n) is 13.7. The predicted octanol–water partition coefficient (Wildman–Crippen LogP) is 5.61. The highest BCUT2D eigenvalue weighted by Crippen LogP contribution is 2.38. The summed E-state index contributed by atoms with van der Waals surface area (Å²) in [6, 6.07) is 6.01. The second-order valence-electron chi connectivity index (χ2n) is 9.77. The monoisotopic (exact) mass is 590 g/mol. The smallest absolute Gasteiger partial charge is 0.231 e. The number of β-lactam (4-membered cyclic amide) rings is 1. The number of rotatable bonds is 13. The summed E-state index contributed by atoms with van der Waals surface area (Å²) in [5, 5.41) is 9.36. The number of benzene rings is 1. The van der Waals surface area contributed by atoms with E-state index >= 15 is 0 Å². The number of nitrogens with zero attached hydrogens (tertiary/aromatic N) is 4.